The van der Waals surface area contributed by atoms with Gasteiger partial charge in [-0.05, 0) is 60.0 Å². The van der Waals surface area contributed by atoms with Crippen molar-refractivity contribution in [3.8, 4) is 5.75 Å². The van der Waals surface area contributed by atoms with E-state index in [-0.39, 0.29) is 18.9 Å². The molecule has 9 heteroatoms. The lowest BCUT2D eigenvalue weighted by Crippen LogP contribution is -2.46. The first-order valence-electron chi connectivity index (χ1n) is 9.82. The number of hydrogen-bond acceptors (Lipinski definition) is 5. The molecule has 1 aliphatic rings. The van der Waals surface area contributed by atoms with Crippen LogP contribution in [0.25, 0.3) is 0 Å². The van der Waals surface area contributed by atoms with Crippen molar-refractivity contribution in [2.24, 2.45) is 0 Å². The summed E-state index contributed by atoms with van der Waals surface area (Å²) in [6, 6.07) is 15.7. The lowest BCUT2D eigenvalue weighted by molar-refractivity contribution is -0.122. The first kappa shape index (κ1) is 21.9. The van der Waals surface area contributed by atoms with Crippen molar-refractivity contribution >= 4 is 52.2 Å². The van der Waals surface area contributed by atoms with Gasteiger partial charge in [-0.2, -0.15) is 0 Å². The Hall–Kier alpha value is -3.36. The molecule has 1 N–H and O–H groups in total. The lowest BCUT2D eigenvalue weighted by Gasteiger charge is -2.27. The Bertz CT molecular complexity index is 1120. The Kier molecular flexibility index (Phi) is 6.43. The molecule has 2 heterocycles. The molecule has 32 heavy (non-hydrogen) atoms. The average Bonchev–Trinajstić information content (AvgIpc) is 3.41. The number of thiophene rings is 1. The molecule has 4 rings (SSSR count). The SMILES string of the molecule is COc1ccc(NC(=O)N(Cc2cccs2)[C@H]2CC(=O)N(c3ccc(Cl)cc3)C2=O)cc1. The molecule has 0 spiro atoms. The van der Waals surface area contributed by atoms with E-state index in [4.69, 9.17) is 16.3 Å². The Morgan fingerprint density at radius 1 is 1.16 bits per heavy atom. The number of nitrogens with zero attached hydrogens (tertiary/aromatic N) is 2. The van der Waals surface area contributed by atoms with Gasteiger partial charge in [0.1, 0.15) is 11.8 Å². The van der Waals surface area contributed by atoms with E-state index in [1.807, 2.05) is 17.5 Å². The molecule has 0 saturated carbocycles. The fraction of sp³-hybridized carbons (Fsp3) is 0.174. The Morgan fingerprint density at radius 2 is 1.88 bits per heavy atom. The van der Waals surface area contributed by atoms with Crippen molar-refractivity contribution in [3.05, 3.63) is 75.9 Å². The number of imide groups is 1. The summed E-state index contributed by atoms with van der Waals surface area (Å²) in [5.74, 6) is -0.150. The number of methoxy groups -OCH3 is 1. The van der Waals surface area contributed by atoms with Crippen LogP contribution in [-0.2, 0) is 16.1 Å². The summed E-state index contributed by atoms with van der Waals surface area (Å²) in [4.78, 5) is 42.6. The number of nitrogens with one attached hydrogen (secondary N) is 1. The highest BCUT2D eigenvalue weighted by atomic mass is 35.5. The van der Waals surface area contributed by atoms with E-state index in [0.717, 1.165) is 9.78 Å². The normalized spacial score (nSPS) is 15.7. The van der Waals surface area contributed by atoms with E-state index in [0.29, 0.717) is 22.1 Å². The Balaban J connectivity index is 1.59. The van der Waals surface area contributed by atoms with Crippen molar-refractivity contribution in [1.82, 2.24) is 4.90 Å². The number of hydrogen-bond donors (Lipinski definition) is 1. The van der Waals surface area contributed by atoms with Crippen LogP contribution in [0.1, 0.15) is 11.3 Å². The van der Waals surface area contributed by atoms with Crippen LogP contribution in [0.15, 0.2) is 66.0 Å². The Morgan fingerprint density at radius 3 is 2.50 bits per heavy atom. The predicted octanol–water partition coefficient (Wildman–Crippen LogP) is 4.78. The summed E-state index contributed by atoms with van der Waals surface area (Å²) in [5.41, 5.74) is 0.983. The number of rotatable bonds is 6. The predicted molar refractivity (Wildman–Crippen MR) is 124 cm³/mol. The number of urea groups is 1. The zero-order valence-electron chi connectivity index (χ0n) is 17.2. The molecule has 7 nitrogen and oxygen atoms in total. The van der Waals surface area contributed by atoms with E-state index < -0.39 is 18.0 Å². The molecule has 164 valence electrons. The quantitative estimate of drug-likeness (QED) is 0.527. The van der Waals surface area contributed by atoms with Gasteiger partial charge in [0.2, 0.25) is 5.91 Å². The molecular weight excluding hydrogens is 450 g/mol. The van der Waals surface area contributed by atoms with E-state index in [1.165, 1.54) is 16.2 Å². The second kappa shape index (κ2) is 9.42. The van der Waals surface area contributed by atoms with E-state index >= 15 is 0 Å². The summed E-state index contributed by atoms with van der Waals surface area (Å²) >= 11 is 7.41. The van der Waals surface area contributed by atoms with Gasteiger partial charge in [0.15, 0.2) is 0 Å². The van der Waals surface area contributed by atoms with Crippen LogP contribution in [0.5, 0.6) is 5.75 Å². The highest BCUT2D eigenvalue weighted by Gasteiger charge is 2.44. The molecule has 0 bridgehead atoms. The second-order valence-corrected chi connectivity index (χ2v) is 8.60. The Labute approximate surface area is 194 Å². The molecule has 2 aromatic carbocycles. The number of benzene rings is 2. The molecule has 1 atom stereocenters. The van der Waals surface area contributed by atoms with Crippen molar-refractivity contribution in [1.29, 1.82) is 0 Å². The molecule has 1 saturated heterocycles. The minimum absolute atomic E-state index is 0.0944. The highest BCUT2D eigenvalue weighted by Crippen LogP contribution is 2.29. The fourth-order valence-electron chi connectivity index (χ4n) is 3.48. The van der Waals surface area contributed by atoms with Crippen LogP contribution in [0.3, 0.4) is 0 Å². The van der Waals surface area contributed by atoms with Crippen LogP contribution < -0.4 is 15.0 Å². The van der Waals surface area contributed by atoms with Gasteiger partial charge in [-0.3, -0.25) is 9.59 Å². The maximum Gasteiger partial charge on any atom is 0.322 e. The minimum Gasteiger partial charge on any atom is -0.497 e. The van der Waals surface area contributed by atoms with Gasteiger partial charge < -0.3 is 15.0 Å². The number of ether oxygens (including phenoxy) is 1. The van der Waals surface area contributed by atoms with Crippen LogP contribution in [0.2, 0.25) is 5.02 Å². The smallest absolute Gasteiger partial charge is 0.322 e. The number of halogens is 1. The van der Waals surface area contributed by atoms with Gasteiger partial charge in [-0.25, -0.2) is 9.69 Å². The van der Waals surface area contributed by atoms with E-state index in [9.17, 15) is 14.4 Å². The third-order valence-corrected chi connectivity index (χ3v) is 6.21. The van der Waals surface area contributed by atoms with Crippen molar-refractivity contribution < 1.29 is 19.1 Å². The van der Waals surface area contributed by atoms with Gasteiger partial charge in [-0.15, -0.1) is 11.3 Å². The van der Waals surface area contributed by atoms with E-state index in [1.54, 1.807) is 55.6 Å². The molecule has 1 fully saturated rings. The van der Waals surface area contributed by atoms with Crippen LogP contribution in [0.4, 0.5) is 16.2 Å². The van der Waals surface area contributed by atoms with Crippen molar-refractivity contribution in [2.45, 2.75) is 19.0 Å². The molecule has 1 aromatic heterocycles. The monoisotopic (exact) mass is 469 g/mol. The summed E-state index contributed by atoms with van der Waals surface area (Å²) in [6.45, 7) is 0.206. The van der Waals surface area contributed by atoms with Gasteiger partial charge >= 0.3 is 6.03 Å². The molecule has 0 aliphatic carbocycles. The second-order valence-electron chi connectivity index (χ2n) is 7.13. The standard InChI is InChI=1S/C23H20ClN3O4S/c1-31-18-10-6-16(7-11-18)25-23(30)26(14-19-3-2-12-32-19)20-13-21(28)27(22(20)29)17-8-4-15(24)5-9-17/h2-12,20H,13-14H2,1H3,(H,25,30)/t20-/m0/s1. The van der Waals surface area contributed by atoms with Crippen LogP contribution >= 0.6 is 22.9 Å². The lowest BCUT2D eigenvalue weighted by atomic mass is 10.2. The number of amides is 4. The molecule has 4 amide bonds. The molecular formula is C23H20ClN3O4S. The minimum atomic E-state index is -0.918. The number of carbonyl (C=O) groups excluding carboxylic acids is 3. The largest absolute Gasteiger partial charge is 0.497 e. The van der Waals surface area contributed by atoms with Gasteiger partial charge in [0.05, 0.1) is 25.8 Å². The zero-order chi connectivity index (χ0) is 22.7. The summed E-state index contributed by atoms with van der Waals surface area (Å²) in [6.07, 6.45) is -0.0944. The van der Waals surface area contributed by atoms with Gasteiger partial charge in [-0.1, -0.05) is 17.7 Å². The molecule has 0 radical (unpaired) electrons. The summed E-state index contributed by atoms with van der Waals surface area (Å²) < 4.78 is 5.14. The zero-order valence-corrected chi connectivity index (χ0v) is 18.7. The molecule has 0 unspecified atom stereocenters. The first-order valence-corrected chi connectivity index (χ1v) is 11.1. The van der Waals surface area contributed by atoms with Crippen LogP contribution in [-0.4, -0.2) is 35.9 Å². The van der Waals surface area contributed by atoms with E-state index in [2.05, 4.69) is 5.32 Å². The summed E-state index contributed by atoms with van der Waals surface area (Å²) in [7, 11) is 1.56. The third kappa shape index (κ3) is 4.61. The first-order chi connectivity index (χ1) is 15.5. The molecule has 1 aliphatic heterocycles. The topological polar surface area (TPSA) is 79.0 Å². The van der Waals surface area contributed by atoms with Crippen molar-refractivity contribution in [2.75, 3.05) is 17.3 Å². The average molecular weight is 470 g/mol. The van der Waals surface area contributed by atoms with Crippen LogP contribution in [0, 0.1) is 0 Å². The maximum absolute atomic E-state index is 13.2. The third-order valence-electron chi connectivity index (χ3n) is 5.09. The van der Waals surface area contributed by atoms with Crippen molar-refractivity contribution in [3.63, 3.8) is 0 Å². The number of anilines is 2. The molecule has 3 aromatic rings. The maximum atomic E-state index is 13.2. The highest BCUT2D eigenvalue weighted by molar-refractivity contribution is 7.09. The number of carbonyl (C=O) groups is 3. The fourth-order valence-corrected chi connectivity index (χ4v) is 4.31. The summed E-state index contributed by atoms with van der Waals surface area (Å²) in [5, 5.41) is 5.22. The van der Waals surface area contributed by atoms with Gasteiger partial charge in [0.25, 0.3) is 5.91 Å². The van der Waals surface area contributed by atoms with Gasteiger partial charge in [0, 0.05) is 15.6 Å².